The highest BCUT2D eigenvalue weighted by Gasteiger charge is 2.18. The number of nitro groups is 2. The third-order valence-corrected chi connectivity index (χ3v) is 2.94. The lowest BCUT2D eigenvalue weighted by Gasteiger charge is -2.01. The molecule has 2 rings (SSSR count). The van der Waals surface area contributed by atoms with E-state index in [-0.39, 0.29) is 28.3 Å². The number of rotatable bonds is 5. The van der Waals surface area contributed by atoms with E-state index >= 15 is 0 Å². The quantitative estimate of drug-likeness (QED) is 0.486. The Kier molecular flexibility index (Phi) is 4.80. The molecule has 2 aromatic rings. The molecule has 10 nitrogen and oxygen atoms in total. The lowest BCUT2D eigenvalue weighted by atomic mass is 10.2. The molecule has 0 heterocycles. The predicted molar refractivity (Wildman–Crippen MR) is 82.9 cm³/mol. The first kappa shape index (κ1) is 16.5. The van der Waals surface area contributed by atoms with Crippen molar-refractivity contribution in [3.8, 4) is 5.75 Å². The smallest absolute Gasteiger partial charge is 0.282 e. The molecule has 2 N–H and O–H groups in total. The highest BCUT2D eigenvalue weighted by atomic mass is 16.6. The largest absolute Gasteiger partial charge is 0.507 e. The molecule has 0 aliphatic heterocycles. The molecular formula is C14H10N4O6. The zero-order valence-corrected chi connectivity index (χ0v) is 11.9. The second kappa shape index (κ2) is 6.96. The number of phenolic OH excluding ortho intramolecular Hbond substituents is 1. The van der Waals surface area contributed by atoms with Crippen LogP contribution in [-0.2, 0) is 0 Å². The van der Waals surface area contributed by atoms with Crippen LogP contribution < -0.4 is 5.43 Å². The van der Waals surface area contributed by atoms with Crippen molar-refractivity contribution in [3.63, 3.8) is 0 Å². The summed E-state index contributed by atoms with van der Waals surface area (Å²) in [6.07, 6.45) is 0.995. The van der Waals surface area contributed by atoms with Gasteiger partial charge in [-0.15, -0.1) is 0 Å². The van der Waals surface area contributed by atoms with E-state index in [0.717, 1.165) is 24.4 Å². The van der Waals surface area contributed by atoms with Crippen molar-refractivity contribution < 1.29 is 19.7 Å². The molecule has 0 unspecified atom stereocenters. The number of hydrogen-bond donors (Lipinski definition) is 2. The van der Waals surface area contributed by atoms with Crippen molar-refractivity contribution in [2.24, 2.45) is 5.10 Å². The number of hydrazone groups is 1. The summed E-state index contributed by atoms with van der Waals surface area (Å²) < 4.78 is 0. The van der Waals surface area contributed by atoms with Crippen LogP contribution in [0, 0.1) is 20.2 Å². The molecule has 0 atom stereocenters. The van der Waals surface area contributed by atoms with Crippen molar-refractivity contribution >= 4 is 23.5 Å². The monoisotopic (exact) mass is 330 g/mol. The fraction of sp³-hybridized carbons (Fsp3) is 0. The van der Waals surface area contributed by atoms with Gasteiger partial charge in [-0.05, 0) is 12.1 Å². The maximum atomic E-state index is 11.9. The predicted octanol–water partition coefficient (Wildman–Crippen LogP) is 1.97. The Morgan fingerprint density at radius 3 is 2.50 bits per heavy atom. The molecule has 0 bridgehead atoms. The maximum Gasteiger partial charge on any atom is 0.282 e. The molecule has 0 aliphatic carbocycles. The van der Waals surface area contributed by atoms with E-state index in [1.54, 1.807) is 0 Å². The van der Waals surface area contributed by atoms with Gasteiger partial charge >= 0.3 is 0 Å². The van der Waals surface area contributed by atoms with Crippen molar-refractivity contribution in [1.29, 1.82) is 0 Å². The summed E-state index contributed by atoms with van der Waals surface area (Å²) in [6, 6.07) is 8.59. The molecule has 0 aromatic heterocycles. The molecule has 0 saturated heterocycles. The second-order valence-corrected chi connectivity index (χ2v) is 4.47. The van der Waals surface area contributed by atoms with Crippen molar-refractivity contribution in [3.05, 3.63) is 73.8 Å². The van der Waals surface area contributed by atoms with Gasteiger partial charge in [0.25, 0.3) is 17.3 Å². The van der Waals surface area contributed by atoms with Gasteiger partial charge in [0.1, 0.15) is 11.3 Å². The number of benzene rings is 2. The third-order valence-electron chi connectivity index (χ3n) is 2.94. The molecule has 0 fully saturated rings. The lowest BCUT2D eigenvalue weighted by molar-refractivity contribution is -0.385. The molecule has 24 heavy (non-hydrogen) atoms. The van der Waals surface area contributed by atoms with E-state index in [1.807, 2.05) is 0 Å². The molecule has 122 valence electrons. The Balaban J connectivity index is 2.18. The highest BCUT2D eigenvalue weighted by molar-refractivity contribution is 5.98. The van der Waals surface area contributed by atoms with Gasteiger partial charge in [-0.1, -0.05) is 12.1 Å². The van der Waals surface area contributed by atoms with Crippen LogP contribution in [0.15, 0.2) is 47.6 Å². The Hall–Kier alpha value is -3.82. The zero-order valence-electron chi connectivity index (χ0n) is 11.9. The van der Waals surface area contributed by atoms with Gasteiger partial charge in [-0.25, -0.2) is 5.43 Å². The Morgan fingerprint density at radius 1 is 1.12 bits per heavy atom. The number of non-ortho nitro benzene ring substituents is 1. The number of hydrogen-bond acceptors (Lipinski definition) is 7. The first-order valence-electron chi connectivity index (χ1n) is 6.44. The Labute approximate surface area is 134 Å². The molecule has 0 aliphatic rings. The minimum Gasteiger partial charge on any atom is -0.507 e. The third kappa shape index (κ3) is 3.68. The molecule has 1 amide bonds. The summed E-state index contributed by atoms with van der Waals surface area (Å²) >= 11 is 0. The van der Waals surface area contributed by atoms with E-state index < -0.39 is 15.8 Å². The number of nitrogens with one attached hydrogen (secondary N) is 1. The van der Waals surface area contributed by atoms with Crippen LogP contribution in [0.4, 0.5) is 11.4 Å². The molecule has 0 spiro atoms. The van der Waals surface area contributed by atoms with Crippen LogP contribution in [0.2, 0.25) is 0 Å². The van der Waals surface area contributed by atoms with Crippen LogP contribution in [0.5, 0.6) is 5.75 Å². The number of nitro benzene ring substituents is 2. The summed E-state index contributed by atoms with van der Waals surface area (Å²) in [5.74, 6) is -1.10. The summed E-state index contributed by atoms with van der Waals surface area (Å²) in [4.78, 5) is 32.1. The van der Waals surface area contributed by atoms with Gasteiger partial charge in [0.2, 0.25) is 0 Å². The summed E-state index contributed by atoms with van der Waals surface area (Å²) in [7, 11) is 0. The fourth-order valence-electron chi connectivity index (χ4n) is 1.80. The standard InChI is InChI=1S/C14H10N4O6/c19-13-6-5-10(17(21)22)7-9(13)8-15-16-14(20)11-3-1-2-4-12(11)18(23)24/h1-8,19H,(H,16,20). The Bertz CT molecular complexity index is 849. The van der Waals surface area contributed by atoms with Crippen molar-refractivity contribution in [2.75, 3.05) is 0 Å². The minimum atomic E-state index is -0.830. The summed E-state index contributed by atoms with van der Waals surface area (Å²) in [6.45, 7) is 0. The first-order valence-corrected chi connectivity index (χ1v) is 6.44. The number of nitrogens with zero attached hydrogens (tertiary/aromatic N) is 3. The SMILES string of the molecule is O=C(NN=Cc1cc([N+](=O)[O-])ccc1O)c1ccccc1[N+](=O)[O-]. The van der Waals surface area contributed by atoms with Crippen molar-refractivity contribution in [2.45, 2.75) is 0 Å². The van der Waals surface area contributed by atoms with E-state index in [1.165, 1.54) is 24.3 Å². The minimum absolute atomic E-state index is 0.00654. The normalized spacial score (nSPS) is 10.5. The molecule has 10 heteroatoms. The van der Waals surface area contributed by atoms with Gasteiger partial charge in [-0.2, -0.15) is 5.10 Å². The van der Waals surface area contributed by atoms with E-state index in [2.05, 4.69) is 10.5 Å². The molecule has 0 saturated carbocycles. The van der Waals surface area contributed by atoms with Crippen molar-refractivity contribution in [1.82, 2.24) is 5.43 Å². The second-order valence-electron chi connectivity index (χ2n) is 4.47. The van der Waals surface area contributed by atoms with Gasteiger partial charge in [0, 0.05) is 23.8 Å². The lowest BCUT2D eigenvalue weighted by Crippen LogP contribution is -2.18. The van der Waals surface area contributed by atoms with E-state index in [9.17, 15) is 30.1 Å². The number of aromatic hydroxyl groups is 1. The number of carbonyl (C=O) groups excluding carboxylic acids is 1. The van der Waals surface area contributed by atoms with Crippen LogP contribution in [0.1, 0.15) is 15.9 Å². The van der Waals surface area contributed by atoms with Crippen LogP contribution in [-0.4, -0.2) is 27.1 Å². The van der Waals surface area contributed by atoms with E-state index in [0.29, 0.717) is 0 Å². The van der Waals surface area contributed by atoms with Gasteiger partial charge in [0.15, 0.2) is 0 Å². The number of carbonyl (C=O) groups is 1. The Morgan fingerprint density at radius 2 is 1.83 bits per heavy atom. The maximum absolute atomic E-state index is 11.9. The van der Waals surface area contributed by atoms with Crippen LogP contribution >= 0.6 is 0 Å². The number of phenols is 1. The van der Waals surface area contributed by atoms with Gasteiger partial charge in [-0.3, -0.25) is 25.0 Å². The topological polar surface area (TPSA) is 148 Å². The zero-order chi connectivity index (χ0) is 17.7. The van der Waals surface area contributed by atoms with E-state index in [4.69, 9.17) is 0 Å². The average molecular weight is 330 g/mol. The fourth-order valence-corrected chi connectivity index (χ4v) is 1.80. The number of para-hydroxylation sites is 1. The average Bonchev–Trinajstić information content (AvgIpc) is 2.56. The molecule has 0 radical (unpaired) electrons. The first-order chi connectivity index (χ1) is 11.4. The summed E-state index contributed by atoms with van der Waals surface area (Å²) in [5.41, 5.74) is 1.23. The molecule has 2 aromatic carbocycles. The highest BCUT2D eigenvalue weighted by Crippen LogP contribution is 2.21. The molecular weight excluding hydrogens is 320 g/mol. The van der Waals surface area contributed by atoms with Crippen LogP contribution in [0.3, 0.4) is 0 Å². The van der Waals surface area contributed by atoms with Crippen LogP contribution in [0.25, 0.3) is 0 Å². The number of amides is 1. The van der Waals surface area contributed by atoms with Gasteiger partial charge in [0.05, 0.1) is 16.1 Å². The van der Waals surface area contributed by atoms with Gasteiger partial charge < -0.3 is 5.11 Å². The summed E-state index contributed by atoms with van der Waals surface area (Å²) in [5, 5.41) is 34.7.